The van der Waals surface area contributed by atoms with Gasteiger partial charge in [0.05, 0.1) is 0 Å². The third-order valence-corrected chi connectivity index (χ3v) is 16.2. The van der Waals surface area contributed by atoms with Crippen LogP contribution in [0.3, 0.4) is 0 Å². The van der Waals surface area contributed by atoms with E-state index in [1.54, 1.807) is 0 Å². The van der Waals surface area contributed by atoms with Crippen molar-refractivity contribution < 1.29 is 0 Å². The van der Waals surface area contributed by atoms with Crippen molar-refractivity contribution >= 4 is 17.1 Å². The maximum atomic E-state index is 2.47. The molecule has 0 radical (unpaired) electrons. The molecule has 146 valence electrons. The fourth-order valence-corrected chi connectivity index (χ4v) is 13.4. The summed E-state index contributed by atoms with van der Waals surface area (Å²) in [5.41, 5.74) is 0. The molecule has 0 aliphatic rings. The van der Waals surface area contributed by atoms with Gasteiger partial charge in [-0.05, 0) is 96.7 Å². The lowest BCUT2D eigenvalue weighted by atomic mass is 10.4. The van der Waals surface area contributed by atoms with Crippen molar-refractivity contribution in [1.82, 2.24) is 27.4 Å². The molecule has 0 atom stereocenters. The Morgan fingerprint density at radius 2 is 0.542 bits per heavy atom. The summed E-state index contributed by atoms with van der Waals surface area (Å²) in [6.07, 6.45) is 2.57. The van der Waals surface area contributed by atoms with Crippen LogP contribution in [0.15, 0.2) is 0 Å². The summed E-state index contributed by atoms with van der Waals surface area (Å²) >= 11 is 0. The van der Waals surface area contributed by atoms with E-state index in [1.807, 2.05) is 0 Å². The first kappa shape index (κ1) is 24.2. The van der Waals surface area contributed by atoms with Gasteiger partial charge in [0, 0.05) is 0 Å². The Bertz CT molecular complexity index is 281. The van der Waals surface area contributed by atoms with Gasteiger partial charge in [0.15, 0.2) is 0 Å². The Hall–Kier alpha value is 0.194. The lowest BCUT2D eigenvalue weighted by Crippen LogP contribution is -2.70. The van der Waals surface area contributed by atoms with Crippen molar-refractivity contribution in [3.05, 3.63) is 0 Å². The van der Waals surface area contributed by atoms with Gasteiger partial charge in [0.2, 0.25) is 0 Å². The normalized spacial score (nSPS) is 14.2. The highest BCUT2D eigenvalue weighted by Gasteiger charge is 2.44. The van der Waals surface area contributed by atoms with E-state index in [9.17, 15) is 0 Å². The molecule has 0 spiro atoms. The van der Waals surface area contributed by atoms with E-state index in [4.69, 9.17) is 0 Å². The van der Waals surface area contributed by atoms with E-state index >= 15 is 0 Å². The Morgan fingerprint density at radius 1 is 0.375 bits per heavy atom. The van der Waals surface area contributed by atoms with Gasteiger partial charge in [-0.2, -0.15) is 0 Å². The van der Waals surface area contributed by atoms with Gasteiger partial charge < -0.3 is 27.4 Å². The fraction of sp³-hybridized carbons (Fsp3) is 1.00. The molecule has 0 N–H and O–H groups in total. The number of hydrogen-bond donors (Lipinski definition) is 0. The van der Waals surface area contributed by atoms with Gasteiger partial charge in [0.1, 0.15) is 0 Å². The summed E-state index contributed by atoms with van der Waals surface area (Å²) in [6, 6.07) is 2.55. The second kappa shape index (κ2) is 9.77. The van der Waals surface area contributed by atoms with E-state index < -0.39 is 17.1 Å². The molecule has 0 rings (SSSR count). The zero-order chi connectivity index (χ0) is 19.3. The molecule has 0 saturated carbocycles. The summed E-state index contributed by atoms with van der Waals surface area (Å²) in [5, 5.41) is 0. The molecule has 0 unspecified atom stereocenters. The van der Waals surface area contributed by atoms with Gasteiger partial charge in [0.25, 0.3) is 17.1 Å². The molecule has 0 bridgehead atoms. The predicted molar refractivity (Wildman–Crippen MR) is 112 cm³/mol. The highest BCUT2D eigenvalue weighted by Crippen LogP contribution is 2.26. The highest BCUT2D eigenvalue weighted by atomic mass is 28.4. The van der Waals surface area contributed by atoms with Crippen LogP contribution in [0, 0.1) is 0 Å². The van der Waals surface area contributed by atoms with Gasteiger partial charge in [-0.25, -0.2) is 0 Å². The summed E-state index contributed by atoms with van der Waals surface area (Å²) in [7, 11) is 23.4. The Balaban J connectivity index is 5.07. The van der Waals surface area contributed by atoms with Crippen LogP contribution in [0.4, 0.5) is 0 Å². The summed E-state index contributed by atoms with van der Waals surface area (Å²) in [4.78, 5) is 0. The first-order valence-electron chi connectivity index (χ1n) is 8.92. The lowest BCUT2D eigenvalue weighted by molar-refractivity contribution is 0.365. The smallest absolute Gasteiger partial charge is 0.288 e. The van der Waals surface area contributed by atoms with E-state index in [1.165, 1.54) is 24.9 Å². The van der Waals surface area contributed by atoms with Crippen LogP contribution >= 0.6 is 0 Å². The van der Waals surface area contributed by atoms with E-state index in [-0.39, 0.29) is 0 Å². The molecule has 0 amide bonds. The van der Waals surface area contributed by atoms with Crippen molar-refractivity contribution in [3.8, 4) is 0 Å². The lowest BCUT2D eigenvalue weighted by Gasteiger charge is -2.48. The van der Waals surface area contributed by atoms with E-state index in [2.05, 4.69) is 112 Å². The molecule has 0 aromatic carbocycles. The SMILES string of the molecule is CN(C)[Si](CCCC[Si](N(C)C)(N(C)C)N(C)C)(N(C)C)N(C)C. The van der Waals surface area contributed by atoms with Crippen molar-refractivity contribution in [3.63, 3.8) is 0 Å². The molecule has 8 heteroatoms. The van der Waals surface area contributed by atoms with E-state index in [0.29, 0.717) is 0 Å². The fourth-order valence-electron chi connectivity index (χ4n) is 4.47. The molecule has 0 aromatic heterocycles. The van der Waals surface area contributed by atoms with Crippen molar-refractivity contribution in [1.29, 1.82) is 0 Å². The minimum atomic E-state index is -1.73. The first-order chi connectivity index (χ1) is 10.9. The molecule has 0 saturated heterocycles. The quantitative estimate of drug-likeness (QED) is 0.393. The van der Waals surface area contributed by atoms with Crippen LogP contribution in [-0.2, 0) is 0 Å². The molecule has 24 heavy (non-hydrogen) atoms. The van der Waals surface area contributed by atoms with Gasteiger partial charge in [-0.15, -0.1) is 0 Å². The average Bonchev–Trinajstić information content (AvgIpc) is 2.40. The third-order valence-electron chi connectivity index (χ3n) is 5.57. The van der Waals surface area contributed by atoms with Crippen LogP contribution < -0.4 is 0 Å². The maximum absolute atomic E-state index is 2.47. The third kappa shape index (κ3) is 4.88. The van der Waals surface area contributed by atoms with Crippen molar-refractivity contribution in [2.24, 2.45) is 0 Å². The Kier molecular flexibility index (Phi) is 9.85. The first-order valence-corrected chi connectivity index (χ1v) is 13.0. The zero-order valence-electron chi connectivity index (χ0n) is 18.5. The van der Waals surface area contributed by atoms with Gasteiger partial charge >= 0.3 is 0 Å². The van der Waals surface area contributed by atoms with Crippen LogP contribution in [0.1, 0.15) is 12.8 Å². The molecule has 0 fully saturated rings. The molecular weight excluding hydrogens is 332 g/mol. The Morgan fingerprint density at radius 3 is 0.667 bits per heavy atom. The summed E-state index contributed by atoms with van der Waals surface area (Å²) in [6.45, 7) is 0. The van der Waals surface area contributed by atoms with Crippen molar-refractivity contribution in [2.75, 3.05) is 84.6 Å². The van der Waals surface area contributed by atoms with Gasteiger partial charge in [-0.1, -0.05) is 12.8 Å². The highest BCUT2D eigenvalue weighted by molar-refractivity contribution is 6.72. The molecule has 6 nitrogen and oxygen atoms in total. The molecular formula is C16H44N6Si2. The standard InChI is InChI=1S/C16H44N6Si2/c1-17(2)23(18(3)4,19(5)6)15-13-14-16-24(20(7)8,21(9)10)22(11)12/h13-16H2,1-12H3. The minimum absolute atomic E-state index is 1.28. The van der Waals surface area contributed by atoms with Crippen molar-refractivity contribution in [2.45, 2.75) is 24.9 Å². The van der Waals surface area contributed by atoms with Crippen LogP contribution in [-0.4, -0.2) is 129 Å². The molecule has 0 aromatic rings. The van der Waals surface area contributed by atoms with Gasteiger partial charge in [-0.3, -0.25) is 0 Å². The van der Waals surface area contributed by atoms with Crippen LogP contribution in [0.25, 0.3) is 0 Å². The van der Waals surface area contributed by atoms with Crippen LogP contribution in [0.2, 0.25) is 12.1 Å². The molecule has 0 aliphatic heterocycles. The largest absolute Gasteiger partial charge is 0.305 e. The summed E-state index contributed by atoms with van der Waals surface area (Å²) < 4.78 is 14.8. The average molecular weight is 377 g/mol. The van der Waals surface area contributed by atoms with E-state index in [0.717, 1.165) is 0 Å². The number of rotatable bonds is 11. The summed E-state index contributed by atoms with van der Waals surface area (Å²) in [5.74, 6) is 0. The predicted octanol–water partition coefficient (Wildman–Crippen LogP) is 1.01. The van der Waals surface area contributed by atoms with Crippen LogP contribution in [0.5, 0.6) is 0 Å². The molecule has 0 heterocycles. The molecule has 0 aliphatic carbocycles. The topological polar surface area (TPSA) is 19.4 Å². The second-order valence-corrected chi connectivity index (χ2v) is 17.6. The monoisotopic (exact) mass is 376 g/mol. The zero-order valence-corrected chi connectivity index (χ0v) is 20.5. The number of unbranched alkanes of at least 4 members (excludes halogenated alkanes) is 1. The number of hydrogen-bond acceptors (Lipinski definition) is 6. The number of nitrogens with zero attached hydrogens (tertiary/aromatic N) is 6. The maximum Gasteiger partial charge on any atom is 0.288 e. The second-order valence-electron chi connectivity index (χ2n) is 8.12. The Labute approximate surface area is 154 Å². The minimum Gasteiger partial charge on any atom is -0.305 e.